The number of piperidine rings is 1. The molecule has 3 heterocycles. The molecule has 2 saturated heterocycles. The second-order valence-corrected chi connectivity index (χ2v) is 10.3. The van der Waals surface area contributed by atoms with Gasteiger partial charge in [-0.1, -0.05) is 0 Å². The van der Waals surface area contributed by atoms with Crippen LogP contribution in [0, 0.1) is 0 Å². The average Bonchev–Trinajstić information content (AvgIpc) is 2.80. The zero-order valence-corrected chi connectivity index (χ0v) is 20.3. The van der Waals surface area contributed by atoms with Gasteiger partial charge in [0.2, 0.25) is 0 Å². The minimum absolute atomic E-state index is 0.0487. The Kier molecular flexibility index (Phi) is 6.72. The highest BCUT2D eigenvalue weighted by atomic mass is 16.6. The Balaban J connectivity index is 1.36. The Morgan fingerprint density at radius 2 is 1.73 bits per heavy atom. The summed E-state index contributed by atoms with van der Waals surface area (Å²) in [4.78, 5) is 33.5. The van der Waals surface area contributed by atoms with Crippen molar-refractivity contribution >= 4 is 23.4 Å². The molecule has 0 atom stereocenters. The van der Waals surface area contributed by atoms with Gasteiger partial charge in [0.15, 0.2) is 0 Å². The molecule has 3 aliphatic rings. The Bertz CT molecular complexity index is 884. The van der Waals surface area contributed by atoms with Gasteiger partial charge < -0.3 is 19.4 Å². The highest BCUT2D eigenvalue weighted by Gasteiger charge is 2.33. The molecule has 0 radical (unpaired) electrons. The predicted molar refractivity (Wildman–Crippen MR) is 127 cm³/mol. The lowest BCUT2D eigenvalue weighted by molar-refractivity contribution is 0.00901. The number of carbonyl (C=O) groups excluding carboxylic acids is 2. The summed E-state index contributed by atoms with van der Waals surface area (Å²) < 4.78 is 5.51. The molecule has 0 unspecified atom stereocenters. The first kappa shape index (κ1) is 23.6. The lowest BCUT2D eigenvalue weighted by Gasteiger charge is -2.44. The van der Waals surface area contributed by atoms with Crippen LogP contribution in [0.1, 0.15) is 49.5 Å². The van der Waals surface area contributed by atoms with E-state index in [1.54, 1.807) is 18.0 Å². The number of benzene rings is 1. The molecule has 1 aromatic rings. The zero-order chi connectivity index (χ0) is 23.8. The SMILES string of the molecule is CN1CCc2c(N3CCC(N4CCN(C(=O)OC(C)(C)C)CC4)CC3)ccc(NO)c2C1=O. The van der Waals surface area contributed by atoms with Crippen molar-refractivity contribution in [1.82, 2.24) is 14.7 Å². The molecule has 2 fully saturated rings. The topological polar surface area (TPSA) is 88.6 Å². The number of likely N-dealkylation sites (N-methyl/N-ethyl adjacent to an activating group) is 1. The molecule has 4 rings (SSSR count). The summed E-state index contributed by atoms with van der Waals surface area (Å²) in [5.41, 5.74) is 4.94. The zero-order valence-electron chi connectivity index (χ0n) is 20.3. The van der Waals surface area contributed by atoms with E-state index in [1.807, 2.05) is 31.7 Å². The van der Waals surface area contributed by atoms with Gasteiger partial charge >= 0.3 is 6.09 Å². The summed E-state index contributed by atoms with van der Waals surface area (Å²) >= 11 is 0. The molecule has 9 heteroatoms. The standard InChI is InChI=1S/C24H37N5O4/c1-24(2,3)33-23(31)29-15-13-27(14-16-29)17-7-11-28(12-8-17)20-6-5-19(25-32)21-18(20)9-10-26(4)22(21)30/h5-6,17,25,32H,7-16H2,1-4H3. The maximum Gasteiger partial charge on any atom is 0.410 e. The molecule has 0 saturated carbocycles. The number of piperazine rings is 1. The predicted octanol–water partition coefficient (Wildman–Crippen LogP) is 2.64. The van der Waals surface area contributed by atoms with E-state index in [1.165, 1.54) is 0 Å². The molecule has 2 amide bonds. The molecule has 33 heavy (non-hydrogen) atoms. The van der Waals surface area contributed by atoms with Crippen LogP contribution < -0.4 is 10.4 Å². The van der Waals surface area contributed by atoms with Gasteiger partial charge in [-0.2, -0.15) is 0 Å². The van der Waals surface area contributed by atoms with Crippen LogP contribution >= 0.6 is 0 Å². The van der Waals surface area contributed by atoms with E-state index in [2.05, 4.69) is 15.3 Å². The van der Waals surface area contributed by atoms with E-state index >= 15 is 0 Å². The number of nitrogens with one attached hydrogen (secondary N) is 1. The molecule has 182 valence electrons. The van der Waals surface area contributed by atoms with Crippen molar-refractivity contribution < 1.29 is 19.5 Å². The number of fused-ring (bicyclic) bond motifs is 1. The number of amides is 2. The Morgan fingerprint density at radius 3 is 2.33 bits per heavy atom. The van der Waals surface area contributed by atoms with Crippen molar-refractivity contribution in [2.45, 2.75) is 51.7 Å². The number of hydrogen-bond acceptors (Lipinski definition) is 7. The first-order chi connectivity index (χ1) is 15.7. The number of rotatable bonds is 3. The molecular formula is C24H37N5O4. The average molecular weight is 460 g/mol. The summed E-state index contributed by atoms with van der Waals surface area (Å²) in [6.07, 6.45) is 2.67. The fourth-order valence-corrected chi connectivity index (χ4v) is 5.16. The van der Waals surface area contributed by atoms with Gasteiger partial charge in [-0.15, -0.1) is 0 Å². The van der Waals surface area contributed by atoms with Crippen molar-refractivity contribution in [1.29, 1.82) is 0 Å². The molecule has 3 aliphatic heterocycles. The quantitative estimate of drug-likeness (QED) is 0.672. The molecule has 0 bridgehead atoms. The van der Waals surface area contributed by atoms with Crippen LogP contribution in [0.3, 0.4) is 0 Å². The molecular weight excluding hydrogens is 422 g/mol. The van der Waals surface area contributed by atoms with E-state index in [0.29, 0.717) is 36.9 Å². The Hall–Kier alpha value is -2.52. The van der Waals surface area contributed by atoms with Gasteiger partial charge in [-0.3, -0.25) is 20.4 Å². The summed E-state index contributed by atoms with van der Waals surface area (Å²) in [7, 11) is 1.80. The first-order valence-corrected chi connectivity index (χ1v) is 12.0. The number of anilines is 2. The van der Waals surface area contributed by atoms with Gasteiger partial charge in [0.1, 0.15) is 5.60 Å². The first-order valence-electron chi connectivity index (χ1n) is 12.0. The molecule has 0 aromatic heterocycles. The normalized spacial score (nSPS) is 20.6. The van der Waals surface area contributed by atoms with Crippen molar-refractivity contribution in [2.75, 3.05) is 63.2 Å². The number of ether oxygens (including phenoxy) is 1. The summed E-state index contributed by atoms with van der Waals surface area (Å²) in [5, 5.41) is 9.51. The summed E-state index contributed by atoms with van der Waals surface area (Å²) in [6.45, 7) is 11.4. The maximum atomic E-state index is 12.8. The van der Waals surface area contributed by atoms with Crippen LogP contribution in [0.4, 0.5) is 16.2 Å². The third kappa shape index (κ3) is 5.04. The smallest absolute Gasteiger partial charge is 0.410 e. The van der Waals surface area contributed by atoms with Crippen molar-refractivity contribution in [3.63, 3.8) is 0 Å². The third-order valence-electron chi connectivity index (χ3n) is 6.95. The van der Waals surface area contributed by atoms with Crippen LogP contribution in [-0.2, 0) is 11.2 Å². The van der Waals surface area contributed by atoms with Crippen LogP contribution in [0.2, 0.25) is 0 Å². The number of carbonyl (C=O) groups is 2. The molecule has 0 spiro atoms. The molecule has 2 N–H and O–H groups in total. The van der Waals surface area contributed by atoms with Crippen molar-refractivity contribution in [2.24, 2.45) is 0 Å². The summed E-state index contributed by atoms with van der Waals surface area (Å²) in [5.74, 6) is -0.0487. The van der Waals surface area contributed by atoms with E-state index in [0.717, 1.165) is 56.7 Å². The second kappa shape index (κ2) is 9.38. The summed E-state index contributed by atoms with van der Waals surface area (Å²) in [6, 6.07) is 4.33. The van der Waals surface area contributed by atoms with Gasteiger partial charge in [-0.25, -0.2) is 4.79 Å². The molecule has 1 aromatic carbocycles. The molecule has 0 aliphatic carbocycles. The number of hydrogen-bond donors (Lipinski definition) is 2. The van der Waals surface area contributed by atoms with Crippen LogP contribution in [0.25, 0.3) is 0 Å². The van der Waals surface area contributed by atoms with Crippen LogP contribution in [0.5, 0.6) is 0 Å². The van der Waals surface area contributed by atoms with E-state index < -0.39 is 5.60 Å². The largest absolute Gasteiger partial charge is 0.444 e. The maximum absolute atomic E-state index is 12.8. The third-order valence-corrected chi connectivity index (χ3v) is 6.95. The van der Waals surface area contributed by atoms with Crippen LogP contribution in [0.15, 0.2) is 12.1 Å². The van der Waals surface area contributed by atoms with Crippen LogP contribution in [-0.4, -0.2) is 96.4 Å². The van der Waals surface area contributed by atoms with Gasteiger partial charge in [0, 0.05) is 64.6 Å². The monoisotopic (exact) mass is 459 g/mol. The highest BCUT2D eigenvalue weighted by molar-refractivity contribution is 6.03. The van der Waals surface area contributed by atoms with Crippen molar-refractivity contribution in [3.05, 3.63) is 23.3 Å². The molecule has 9 nitrogen and oxygen atoms in total. The van der Waals surface area contributed by atoms with E-state index in [9.17, 15) is 14.8 Å². The lowest BCUT2D eigenvalue weighted by Crippen LogP contribution is -2.55. The van der Waals surface area contributed by atoms with Gasteiger partial charge in [-0.05, 0) is 57.7 Å². The highest BCUT2D eigenvalue weighted by Crippen LogP contribution is 2.35. The van der Waals surface area contributed by atoms with Gasteiger partial charge in [0.25, 0.3) is 5.91 Å². The van der Waals surface area contributed by atoms with Crippen molar-refractivity contribution in [3.8, 4) is 0 Å². The fraction of sp³-hybridized carbons (Fsp3) is 0.667. The number of nitrogens with zero attached hydrogens (tertiary/aromatic N) is 4. The minimum Gasteiger partial charge on any atom is -0.444 e. The van der Waals surface area contributed by atoms with E-state index in [4.69, 9.17) is 4.74 Å². The lowest BCUT2D eigenvalue weighted by atomic mass is 9.93. The van der Waals surface area contributed by atoms with Gasteiger partial charge in [0.05, 0.1) is 11.3 Å². The fourth-order valence-electron chi connectivity index (χ4n) is 5.16. The minimum atomic E-state index is -0.467. The Labute approximate surface area is 196 Å². The second-order valence-electron chi connectivity index (χ2n) is 10.3. The Morgan fingerprint density at radius 1 is 1.06 bits per heavy atom. The van der Waals surface area contributed by atoms with E-state index in [-0.39, 0.29) is 12.0 Å².